The maximum Gasteiger partial charge on any atom is 0.240 e. The van der Waals surface area contributed by atoms with Crippen LogP contribution in [0.15, 0.2) is 47.5 Å². The average Bonchev–Trinajstić information content (AvgIpc) is 3.27. The molecule has 2 aromatic rings. The lowest BCUT2D eigenvalue weighted by molar-refractivity contribution is 0.199. The van der Waals surface area contributed by atoms with Crippen molar-refractivity contribution >= 4 is 19.9 Å². The SMILES string of the molecule is CCS(=O)(=O)CCOc1ccc(S(=O)(=O)NCc2cccnc2OC2CCCC2)cc1. The van der Waals surface area contributed by atoms with E-state index in [9.17, 15) is 16.8 Å². The molecule has 170 valence electrons. The van der Waals surface area contributed by atoms with Gasteiger partial charge < -0.3 is 9.47 Å². The fourth-order valence-corrected chi connectivity index (χ4v) is 4.86. The molecule has 10 heteroatoms. The predicted octanol–water partition coefficient (Wildman–Crippen LogP) is 2.70. The lowest BCUT2D eigenvalue weighted by atomic mass is 10.2. The molecular formula is C21H28N2O6S2. The minimum absolute atomic E-state index is 0.0191. The third kappa shape index (κ3) is 6.91. The largest absolute Gasteiger partial charge is 0.493 e. The summed E-state index contributed by atoms with van der Waals surface area (Å²) in [6.07, 6.45) is 6.00. The number of pyridine rings is 1. The minimum Gasteiger partial charge on any atom is -0.493 e. The second-order valence-corrected chi connectivity index (χ2v) is 11.6. The van der Waals surface area contributed by atoms with Crippen molar-refractivity contribution in [2.24, 2.45) is 0 Å². The second-order valence-electron chi connectivity index (χ2n) is 7.37. The number of sulfone groups is 1. The number of rotatable bonds is 11. The van der Waals surface area contributed by atoms with Crippen molar-refractivity contribution in [3.8, 4) is 11.6 Å². The van der Waals surface area contributed by atoms with Crippen LogP contribution in [0.5, 0.6) is 11.6 Å². The molecule has 1 N–H and O–H groups in total. The summed E-state index contributed by atoms with van der Waals surface area (Å²) in [4.78, 5) is 4.35. The van der Waals surface area contributed by atoms with E-state index in [1.54, 1.807) is 25.3 Å². The van der Waals surface area contributed by atoms with Crippen molar-refractivity contribution in [2.45, 2.75) is 50.2 Å². The topological polar surface area (TPSA) is 112 Å². The summed E-state index contributed by atoms with van der Waals surface area (Å²) >= 11 is 0. The van der Waals surface area contributed by atoms with Crippen LogP contribution in [0.4, 0.5) is 0 Å². The quantitative estimate of drug-likeness (QED) is 0.540. The van der Waals surface area contributed by atoms with Gasteiger partial charge in [-0.25, -0.2) is 26.5 Å². The highest BCUT2D eigenvalue weighted by Gasteiger charge is 2.20. The summed E-state index contributed by atoms with van der Waals surface area (Å²) in [5.41, 5.74) is 0.676. The van der Waals surface area contributed by atoms with Crippen LogP contribution >= 0.6 is 0 Å². The van der Waals surface area contributed by atoms with Crippen molar-refractivity contribution in [1.29, 1.82) is 0 Å². The first-order valence-corrected chi connectivity index (χ1v) is 13.6. The lowest BCUT2D eigenvalue weighted by Gasteiger charge is -2.15. The summed E-state index contributed by atoms with van der Waals surface area (Å²) in [6.45, 7) is 1.66. The Morgan fingerprint density at radius 3 is 2.45 bits per heavy atom. The first-order chi connectivity index (χ1) is 14.8. The van der Waals surface area contributed by atoms with Gasteiger partial charge in [-0.15, -0.1) is 0 Å². The molecule has 1 fully saturated rings. The van der Waals surface area contributed by atoms with Gasteiger partial charge in [0.15, 0.2) is 9.84 Å². The third-order valence-corrected chi connectivity index (χ3v) is 8.21. The van der Waals surface area contributed by atoms with E-state index in [1.165, 1.54) is 24.3 Å². The van der Waals surface area contributed by atoms with Crippen molar-refractivity contribution in [2.75, 3.05) is 18.1 Å². The number of benzene rings is 1. The first-order valence-electron chi connectivity index (χ1n) is 10.3. The summed E-state index contributed by atoms with van der Waals surface area (Å²) in [5, 5.41) is 0. The van der Waals surface area contributed by atoms with Gasteiger partial charge in [0.05, 0.1) is 10.6 Å². The molecule has 8 nitrogen and oxygen atoms in total. The molecule has 1 aliphatic rings. The summed E-state index contributed by atoms with van der Waals surface area (Å²) < 4.78 is 62.3. The Kier molecular flexibility index (Phi) is 7.90. The first kappa shape index (κ1) is 23.5. The standard InChI is InChI=1S/C21H28N2O6S2/c1-2-30(24,25)15-14-28-18-9-11-20(12-10-18)31(26,27)23-16-17-6-5-13-22-21(17)29-19-7-3-4-8-19/h5-6,9-13,19,23H,2-4,7-8,14-16H2,1H3. The maximum absolute atomic E-state index is 12.7. The number of hydrogen-bond acceptors (Lipinski definition) is 7. The van der Waals surface area contributed by atoms with E-state index >= 15 is 0 Å². The number of hydrogen-bond donors (Lipinski definition) is 1. The minimum atomic E-state index is -3.75. The molecule has 1 aliphatic carbocycles. The van der Waals surface area contributed by atoms with Gasteiger partial charge in [0.25, 0.3) is 0 Å². The lowest BCUT2D eigenvalue weighted by Crippen LogP contribution is -2.24. The molecule has 0 amide bonds. The molecule has 0 aliphatic heterocycles. The zero-order chi connectivity index (χ0) is 22.3. The van der Waals surface area contributed by atoms with Gasteiger partial charge in [-0.05, 0) is 56.0 Å². The van der Waals surface area contributed by atoms with Gasteiger partial charge in [-0.3, -0.25) is 0 Å². The van der Waals surface area contributed by atoms with Gasteiger partial charge in [0.1, 0.15) is 18.5 Å². The molecule has 1 aromatic heterocycles. The number of nitrogens with zero attached hydrogens (tertiary/aromatic N) is 1. The second kappa shape index (κ2) is 10.4. The van der Waals surface area contributed by atoms with Crippen LogP contribution in [0, 0.1) is 0 Å². The molecule has 3 rings (SSSR count). The number of sulfonamides is 1. The van der Waals surface area contributed by atoms with Crippen LogP contribution in [0.25, 0.3) is 0 Å². The highest BCUT2D eigenvalue weighted by molar-refractivity contribution is 7.91. The van der Waals surface area contributed by atoms with Crippen LogP contribution in [0.2, 0.25) is 0 Å². The molecule has 0 bridgehead atoms. The Labute approximate surface area is 184 Å². The average molecular weight is 469 g/mol. The van der Waals surface area contributed by atoms with Crippen LogP contribution in [-0.4, -0.2) is 46.0 Å². The fourth-order valence-electron chi connectivity index (χ4n) is 3.23. The Morgan fingerprint density at radius 2 is 1.77 bits per heavy atom. The van der Waals surface area contributed by atoms with Gasteiger partial charge in [0, 0.05) is 24.1 Å². The highest BCUT2D eigenvalue weighted by atomic mass is 32.2. The molecule has 1 aromatic carbocycles. The van der Waals surface area contributed by atoms with Gasteiger partial charge in [-0.2, -0.15) is 0 Å². The van der Waals surface area contributed by atoms with Crippen molar-refractivity contribution in [1.82, 2.24) is 9.71 Å². The molecule has 0 spiro atoms. The van der Waals surface area contributed by atoms with Gasteiger partial charge >= 0.3 is 0 Å². The summed E-state index contributed by atoms with van der Waals surface area (Å²) in [5.74, 6) is 0.845. The predicted molar refractivity (Wildman–Crippen MR) is 117 cm³/mol. The smallest absolute Gasteiger partial charge is 0.240 e. The number of ether oxygens (including phenoxy) is 2. The Morgan fingerprint density at radius 1 is 1.06 bits per heavy atom. The number of nitrogens with one attached hydrogen (secondary N) is 1. The van der Waals surface area contributed by atoms with E-state index in [-0.39, 0.29) is 35.7 Å². The molecule has 31 heavy (non-hydrogen) atoms. The van der Waals surface area contributed by atoms with Gasteiger partial charge in [0.2, 0.25) is 15.9 Å². The molecule has 1 saturated carbocycles. The fraction of sp³-hybridized carbons (Fsp3) is 0.476. The molecular weight excluding hydrogens is 440 g/mol. The Balaban J connectivity index is 1.58. The monoisotopic (exact) mass is 468 g/mol. The van der Waals surface area contributed by atoms with Crippen molar-refractivity contribution in [3.63, 3.8) is 0 Å². The van der Waals surface area contributed by atoms with Crippen molar-refractivity contribution in [3.05, 3.63) is 48.2 Å². The van der Waals surface area contributed by atoms with Gasteiger partial charge in [-0.1, -0.05) is 13.0 Å². The molecule has 0 saturated heterocycles. The number of aromatic nitrogens is 1. The van der Waals surface area contributed by atoms with Crippen LogP contribution in [0.3, 0.4) is 0 Å². The van der Waals surface area contributed by atoms with E-state index in [1.807, 2.05) is 0 Å². The Bertz CT molecular complexity index is 1060. The molecule has 0 atom stereocenters. The molecule has 0 unspecified atom stereocenters. The zero-order valence-corrected chi connectivity index (χ0v) is 19.1. The highest BCUT2D eigenvalue weighted by Crippen LogP contribution is 2.25. The normalized spacial score (nSPS) is 15.1. The van der Waals surface area contributed by atoms with E-state index < -0.39 is 19.9 Å². The van der Waals surface area contributed by atoms with Crippen LogP contribution < -0.4 is 14.2 Å². The molecule has 1 heterocycles. The Hall–Kier alpha value is -2.17. The van der Waals surface area contributed by atoms with Crippen molar-refractivity contribution < 1.29 is 26.3 Å². The van der Waals surface area contributed by atoms with Crippen LogP contribution in [-0.2, 0) is 26.4 Å². The summed E-state index contributed by atoms with van der Waals surface area (Å²) in [6, 6.07) is 9.39. The molecule has 0 radical (unpaired) electrons. The van der Waals surface area contributed by atoms with E-state index in [0.717, 1.165) is 25.7 Å². The van der Waals surface area contributed by atoms with E-state index in [0.29, 0.717) is 17.2 Å². The maximum atomic E-state index is 12.7. The van der Waals surface area contributed by atoms with E-state index in [4.69, 9.17) is 9.47 Å². The van der Waals surface area contributed by atoms with E-state index in [2.05, 4.69) is 9.71 Å². The summed E-state index contributed by atoms with van der Waals surface area (Å²) in [7, 11) is -6.86. The van der Waals surface area contributed by atoms with Crippen LogP contribution in [0.1, 0.15) is 38.2 Å². The third-order valence-electron chi connectivity index (χ3n) is 5.12. The zero-order valence-electron chi connectivity index (χ0n) is 17.5.